The number of nitrogens with one attached hydrogen (secondary N) is 1. The van der Waals surface area contributed by atoms with Crippen LogP contribution in [0.4, 0.5) is 10.1 Å². The molecule has 0 aromatic heterocycles. The van der Waals surface area contributed by atoms with Crippen LogP contribution in [0, 0.1) is 12.7 Å². The molecule has 3 nitrogen and oxygen atoms in total. The second-order valence-corrected chi connectivity index (χ2v) is 5.08. The average Bonchev–Trinajstić information content (AvgIpc) is 2.44. The Morgan fingerprint density at radius 1 is 1.29 bits per heavy atom. The van der Waals surface area contributed by atoms with Gasteiger partial charge in [-0.1, -0.05) is 23.7 Å². The van der Waals surface area contributed by atoms with E-state index in [-0.39, 0.29) is 5.69 Å². The molecule has 0 fully saturated rings. The van der Waals surface area contributed by atoms with Gasteiger partial charge in [-0.15, -0.1) is 0 Å². The van der Waals surface area contributed by atoms with Crippen LogP contribution in [0.1, 0.15) is 12.5 Å². The number of amides is 1. The number of anilines is 1. The van der Waals surface area contributed by atoms with Gasteiger partial charge in [0.15, 0.2) is 6.10 Å². The molecule has 0 aliphatic carbocycles. The van der Waals surface area contributed by atoms with Crippen LogP contribution in [0.15, 0.2) is 42.5 Å². The van der Waals surface area contributed by atoms with E-state index in [1.54, 1.807) is 37.3 Å². The molecule has 0 heterocycles. The number of halogens is 2. The van der Waals surface area contributed by atoms with Crippen molar-refractivity contribution in [1.82, 2.24) is 0 Å². The van der Waals surface area contributed by atoms with Gasteiger partial charge in [-0.3, -0.25) is 4.79 Å². The number of carbonyl (C=O) groups is 1. The first kappa shape index (κ1) is 15.3. The molecule has 1 N–H and O–H groups in total. The largest absolute Gasteiger partial charge is 0.481 e. The number of hydrogen-bond acceptors (Lipinski definition) is 2. The maximum atomic E-state index is 13.5. The summed E-state index contributed by atoms with van der Waals surface area (Å²) in [5, 5.41) is 3.10. The SMILES string of the molecule is Cc1cc(Cl)ccc1O[C@H](C)C(=O)Nc1ccccc1F. The number of hydrogen-bond donors (Lipinski definition) is 1. The highest BCUT2D eigenvalue weighted by Gasteiger charge is 2.17. The smallest absolute Gasteiger partial charge is 0.265 e. The van der Waals surface area contributed by atoms with Crippen molar-refractivity contribution in [3.63, 3.8) is 0 Å². The highest BCUT2D eigenvalue weighted by atomic mass is 35.5. The van der Waals surface area contributed by atoms with Crippen molar-refractivity contribution in [1.29, 1.82) is 0 Å². The minimum Gasteiger partial charge on any atom is -0.481 e. The van der Waals surface area contributed by atoms with Crippen molar-refractivity contribution < 1.29 is 13.9 Å². The lowest BCUT2D eigenvalue weighted by Crippen LogP contribution is -2.30. The molecule has 0 saturated carbocycles. The fourth-order valence-corrected chi connectivity index (χ4v) is 2.01. The van der Waals surface area contributed by atoms with E-state index < -0.39 is 17.8 Å². The Morgan fingerprint density at radius 3 is 2.67 bits per heavy atom. The Hall–Kier alpha value is -2.07. The van der Waals surface area contributed by atoms with Crippen molar-refractivity contribution in [2.45, 2.75) is 20.0 Å². The Labute approximate surface area is 127 Å². The zero-order valence-corrected chi connectivity index (χ0v) is 12.4. The minimum absolute atomic E-state index is 0.130. The molecule has 1 atom stereocenters. The van der Waals surface area contributed by atoms with Gasteiger partial charge in [0.1, 0.15) is 11.6 Å². The summed E-state index contributed by atoms with van der Waals surface area (Å²) in [7, 11) is 0. The third kappa shape index (κ3) is 3.95. The van der Waals surface area contributed by atoms with Gasteiger partial charge < -0.3 is 10.1 Å². The Kier molecular flexibility index (Phi) is 4.81. The Morgan fingerprint density at radius 2 is 2.00 bits per heavy atom. The number of aryl methyl sites for hydroxylation is 1. The van der Waals surface area contributed by atoms with Crippen molar-refractivity contribution >= 4 is 23.2 Å². The van der Waals surface area contributed by atoms with E-state index in [4.69, 9.17) is 16.3 Å². The molecule has 110 valence electrons. The molecule has 0 aliphatic rings. The molecule has 5 heteroatoms. The second-order valence-electron chi connectivity index (χ2n) is 4.64. The lowest BCUT2D eigenvalue weighted by atomic mass is 10.2. The van der Waals surface area contributed by atoms with Crippen LogP contribution < -0.4 is 10.1 Å². The highest BCUT2D eigenvalue weighted by Crippen LogP contribution is 2.23. The van der Waals surface area contributed by atoms with Crippen LogP contribution >= 0.6 is 11.6 Å². The second kappa shape index (κ2) is 6.59. The molecule has 1 amide bonds. The minimum atomic E-state index is -0.760. The molecule has 0 bridgehead atoms. The summed E-state index contributed by atoms with van der Waals surface area (Å²) in [6.07, 6.45) is -0.760. The summed E-state index contributed by atoms with van der Waals surface area (Å²) in [5.41, 5.74) is 0.957. The van der Waals surface area contributed by atoms with Crippen LogP contribution in [0.3, 0.4) is 0 Å². The lowest BCUT2D eigenvalue weighted by molar-refractivity contribution is -0.122. The molecule has 0 unspecified atom stereocenters. The van der Waals surface area contributed by atoms with Crippen molar-refractivity contribution in [3.8, 4) is 5.75 Å². The number of rotatable bonds is 4. The summed E-state index contributed by atoms with van der Waals surface area (Å²) in [6.45, 7) is 3.44. The lowest BCUT2D eigenvalue weighted by Gasteiger charge is -2.16. The molecule has 21 heavy (non-hydrogen) atoms. The van der Waals surface area contributed by atoms with E-state index in [9.17, 15) is 9.18 Å². The van der Waals surface area contributed by atoms with Crippen LogP contribution in [0.5, 0.6) is 5.75 Å². The van der Waals surface area contributed by atoms with Gasteiger partial charge in [0.05, 0.1) is 5.69 Å². The molecule has 2 rings (SSSR count). The maximum Gasteiger partial charge on any atom is 0.265 e. The van der Waals surface area contributed by atoms with Crippen LogP contribution in [-0.4, -0.2) is 12.0 Å². The van der Waals surface area contributed by atoms with E-state index in [2.05, 4.69) is 5.32 Å². The Balaban J connectivity index is 2.04. The first-order valence-electron chi connectivity index (χ1n) is 6.45. The van der Waals surface area contributed by atoms with E-state index in [1.165, 1.54) is 12.1 Å². The number of para-hydroxylation sites is 1. The molecule has 0 aliphatic heterocycles. The van der Waals surface area contributed by atoms with Gasteiger partial charge in [-0.05, 0) is 49.7 Å². The zero-order valence-electron chi connectivity index (χ0n) is 11.7. The fourth-order valence-electron chi connectivity index (χ4n) is 1.79. The molecule has 0 spiro atoms. The normalized spacial score (nSPS) is 11.8. The summed E-state index contributed by atoms with van der Waals surface area (Å²) < 4.78 is 19.1. The summed E-state index contributed by atoms with van der Waals surface area (Å²) in [5.74, 6) is -0.342. The molecule has 2 aromatic rings. The van der Waals surface area contributed by atoms with E-state index >= 15 is 0 Å². The van der Waals surface area contributed by atoms with Crippen molar-refractivity contribution in [3.05, 3.63) is 58.9 Å². The third-order valence-electron chi connectivity index (χ3n) is 2.94. The third-order valence-corrected chi connectivity index (χ3v) is 3.18. The highest BCUT2D eigenvalue weighted by molar-refractivity contribution is 6.30. The van der Waals surface area contributed by atoms with E-state index in [0.29, 0.717) is 10.8 Å². The van der Waals surface area contributed by atoms with Gasteiger partial charge in [-0.2, -0.15) is 0 Å². The number of benzene rings is 2. The van der Waals surface area contributed by atoms with Gasteiger partial charge in [0, 0.05) is 5.02 Å². The first-order valence-corrected chi connectivity index (χ1v) is 6.83. The quantitative estimate of drug-likeness (QED) is 0.919. The summed E-state index contributed by atoms with van der Waals surface area (Å²) >= 11 is 5.86. The maximum absolute atomic E-state index is 13.5. The van der Waals surface area contributed by atoms with E-state index in [0.717, 1.165) is 5.56 Å². The number of ether oxygens (including phenoxy) is 1. The van der Waals surface area contributed by atoms with Crippen molar-refractivity contribution in [2.75, 3.05) is 5.32 Å². The van der Waals surface area contributed by atoms with Crippen LogP contribution in [0.25, 0.3) is 0 Å². The molecular formula is C16H15ClFNO2. The number of carbonyl (C=O) groups excluding carboxylic acids is 1. The van der Waals surface area contributed by atoms with Gasteiger partial charge in [0.2, 0.25) is 0 Å². The fraction of sp³-hybridized carbons (Fsp3) is 0.188. The van der Waals surface area contributed by atoms with Crippen LogP contribution in [-0.2, 0) is 4.79 Å². The zero-order chi connectivity index (χ0) is 15.4. The summed E-state index contributed by atoms with van der Waals surface area (Å²) in [4.78, 5) is 12.0. The molecular weight excluding hydrogens is 293 g/mol. The standard InChI is InChI=1S/C16H15ClFNO2/c1-10-9-12(17)7-8-15(10)21-11(2)16(20)19-14-6-4-3-5-13(14)18/h3-9,11H,1-2H3,(H,19,20)/t11-/m1/s1. The van der Waals surface area contributed by atoms with Crippen molar-refractivity contribution in [2.24, 2.45) is 0 Å². The van der Waals surface area contributed by atoms with E-state index in [1.807, 2.05) is 6.92 Å². The Bertz CT molecular complexity index is 660. The topological polar surface area (TPSA) is 38.3 Å². The van der Waals surface area contributed by atoms with Gasteiger partial charge in [0.25, 0.3) is 5.91 Å². The predicted molar refractivity (Wildman–Crippen MR) is 81.3 cm³/mol. The summed E-state index contributed by atoms with van der Waals surface area (Å²) in [6, 6.07) is 11.1. The molecule has 2 aromatic carbocycles. The predicted octanol–water partition coefficient (Wildman–Crippen LogP) is 4.19. The van der Waals surface area contributed by atoms with Gasteiger partial charge in [-0.25, -0.2) is 4.39 Å². The van der Waals surface area contributed by atoms with Gasteiger partial charge >= 0.3 is 0 Å². The monoisotopic (exact) mass is 307 g/mol. The molecule has 0 saturated heterocycles. The van der Waals surface area contributed by atoms with Crippen LogP contribution in [0.2, 0.25) is 5.02 Å². The average molecular weight is 308 g/mol. The first-order chi connectivity index (χ1) is 9.97. The molecule has 0 radical (unpaired) electrons.